The summed E-state index contributed by atoms with van der Waals surface area (Å²) in [6, 6.07) is -0.471. The van der Waals surface area contributed by atoms with E-state index >= 15 is 4.39 Å². The molecule has 0 amide bonds. The number of Topliss-reactive ketones (excluding diaryl/α,β-unsaturated/α-hetero) is 1. The molecule has 0 unspecified atom stereocenters. The van der Waals surface area contributed by atoms with Crippen LogP contribution in [0.3, 0.4) is 0 Å². The normalized spacial score (nSPS) is 45.0. The fraction of sp³-hybridized carbons (Fsp3) is 0.913. The number of halogens is 1. The van der Waals surface area contributed by atoms with E-state index in [0.29, 0.717) is 13.0 Å². The lowest BCUT2D eigenvalue weighted by molar-refractivity contribution is -0.195. The number of rotatable bonds is 2. The topological polar surface area (TPSA) is 96.3 Å². The number of nitrogens with zero attached hydrogens (tertiary/aromatic N) is 1. The highest BCUT2D eigenvalue weighted by Crippen LogP contribution is 2.34. The number of esters is 1. The Morgan fingerprint density at radius 1 is 1.19 bits per heavy atom. The van der Waals surface area contributed by atoms with Gasteiger partial charge in [0.1, 0.15) is 17.8 Å². The molecule has 182 valence electrons. The number of aliphatic hydroxyl groups excluding tert-OH is 1. The Bertz CT molecular complexity index is 640. The molecular weight excluding hydrogens is 405 g/mol. The van der Waals surface area contributed by atoms with Crippen molar-refractivity contribution in [3.8, 4) is 0 Å². The largest absolute Gasteiger partial charge is 0.457 e. The lowest BCUT2D eigenvalue weighted by atomic mass is 9.80. The first-order chi connectivity index (χ1) is 14.0. The Balaban J connectivity index is 3.44. The number of carbonyl (C=O) groups excluding carboxylic acids is 2. The fourth-order valence-corrected chi connectivity index (χ4v) is 4.79. The Labute approximate surface area is 186 Å². The molecule has 0 aromatic heterocycles. The number of aliphatic hydroxyl groups is 2. The number of ether oxygens (including phenoxy) is 2. The van der Waals surface area contributed by atoms with Crippen molar-refractivity contribution in [3.63, 3.8) is 0 Å². The summed E-state index contributed by atoms with van der Waals surface area (Å²) in [7, 11) is 3.40. The van der Waals surface area contributed by atoms with Crippen LogP contribution in [0, 0.1) is 11.8 Å². The Hall–Kier alpha value is -1.09. The maximum Gasteiger partial charge on any atom is 0.351 e. The van der Waals surface area contributed by atoms with E-state index in [0.717, 1.165) is 6.92 Å². The van der Waals surface area contributed by atoms with Crippen LogP contribution < -0.4 is 0 Å². The third kappa shape index (κ3) is 6.24. The van der Waals surface area contributed by atoms with Crippen LogP contribution >= 0.6 is 0 Å². The van der Waals surface area contributed by atoms with Crippen molar-refractivity contribution < 1.29 is 33.7 Å². The maximum atomic E-state index is 15.4. The van der Waals surface area contributed by atoms with Gasteiger partial charge in [-0.15, -0.1) is 0 Å². The van der Waals surface area contributed by atoms with Crippen molar-refractivity contribution in [1.82, 2.24) is 4.90 Å². The molecule has 1 aliphatic rings. The molecule has 1 heterocycles. The summed E-state index contributed by atoms with van der Waals surface area (Å²) in [5, 5.41) is 22.0. The Kier molecular flexibility index (Phi) is 9.22. The van der Waals surface area contributed by atoms with E-state index in [9.17, 15) is 19.8 Å². The number of hydrogen-bond donors (Lipinski definition) is 2. The molecule has 0 saturated carbocycles. The van der Waals surface area contributed by atoms with Crippen molar-refractivity contribution in [2.45, 2.75) is 103 Å². The van der Waals surface area contributed by atoms with E-state index in [2.05, 4.69) is 0 Å². The highest BCUT2D eigenvalue weighted by atomic mass is 19.1. The third-order valence-corrected chi connectivity index (χ3v) is 6.93. The third-order valence-electron chi connectivity index (χ3n) is 6.93. The number of ketones is 1. The number of likely N-dealkylation sites (N-methyl/N-ethyl adjacent to an activating group) is 1. The van der Waals surface area contributed by atoms with Crippen molar-refractivity contribution in [3.05, 3.63) is 0 Å². The average molecular weight is 448 g/mol. The van der Waals surface area contributed by atoms with Crippen molar-refractivity contribution in [2.75, 3.05) is 20.7 Å². The zero-order chi connectivity index (χ0) is 24.4. The average Bonchev–Trinajstić information content (AvgIpc) is 2.68. The summed E-state index contributed by atoms with van der Waals surface area (Å²) in [5.74, 6) is -2.90. The monoisotopic (exact) mass is 447 g/mol. The van der Waals surface area contributed by atoms with Gasteiger partial charge in [0.2, 0.25) is 0 Å². The Morgan fingerprint density at radius 3 is 2.23 bits per heavy atom. The molecule has 8 heteroatoms. The minimum Gasteiger partial charge on any atom is -0.457 e. The molecule has 0 bridgehead atoms. The summed E-state index contributed by atoms with van der Waals surface area (Å²) in [6.07, 6.45) is -1.48. The molecule has 1 aliphatic heterocycles. The second-order valence-electron chi connectivity index (χ2n) is 10.1. The van der Waals surface area contributed by atoms with E-state index in [4.69, 9.17) is 9.47 Å². The Morgan fingerprint density at radius 2 is 1.74 bits per heavy atom. The van der Waals surface area contributed by atoms with Gasteiger partial charge in [0.25, 0.3) is 5.67 Å². The highest BCUT2D eigenvalue weighted by molar-refractivity contribution is 6.07. The molecule has 7 nitrogen and oxygen atoms in total. The van der Waals surface area contributed by atoms with E-state index in [1.807, 2.05) is 25.8 Å². The first kappa shape index (κ1) is 27.9. The van der Waals surface area contributed by atoms with E-state index in [1.165, 1.54) is 6.92 Å². The quantitative estimate of drug-likeness (QED) is 0.496. The number of methoxy groups -OCH3 is 1. The minimum absolute atomic E-state index is 0.124. The molecule has 0 spiro atoms. The van der Waals surface area contributed by atoms with Gasteiger partial charge in [-0.1, -0.05) is 20.8 Å². The number of carbonyl (C=O) groups is 2. The molecule has 31 heavy (non-hydrogen) atoms. The van der Waals surface area contributed by atoms with Crippen molar-refractivity contribution in [1.29, 1.82) is 0 Å². The standard InChI is InChI=1S/C23H42FNO6/c1-10-17-23(7,29)19(27)16(4)25(8)13-14(2)11-21(5,30-9)12-15(3)18(26)22(6,24)20(28)31-17/h14-17,19,27,29H,10-13H2,1-9H3/t14-,15-,16-,17-,19-,21-,22+,23-/m1/s1. The fourth-order valence-electron chi connectivity index (χ4n) is 4.79. The van der Waals surface area contributed by atoms with E-state index in [-0.39, 0.29) is 18.8 Å². The van der Waals surface area contributed by atoms with Crippen molar-refractivity contribution in [2.24, 2.45) is 11.8 Å². The SMILES string of the molecule is CC[C@H]1OC(=O)[C@@](C)(F)C(=O)[C@H](C)C[C@](C)(OC)C[C@@H](C)CN(C)[C@H](C)[C@@H](O)[C@]1(C)O. The van der Waals surface area contributed by atoms with Crippen LogP contribution in [0.2, 0.25) is 0 Å². The van der Waals surface area contributed by atoms with Gasteiger partial charge in [0.05, 0.1) is 5.60 Å². The predicted octanol–water partition coefficient (Wildman–Crippen LogP) is 2.51. The van der Waals surface area contributed by atoms with Gasteiger partial charge < -0.3 is 24.6 Å². The molecule has 0 aromatic carbocycles. The summed E-state index contributed by atoms with van der Waals surface area (Å²) in [6.45, 7) is 11.8. The highest BCUT2D eigenvalue weighted by Gasteiger charge is 2.51. The van der Waals surface area contributed by atoms with Gasteiger partial charge >= 0.3 is 5.97 Å². The lowest BCUT2D eigenvalue weighted by Gasteiger charge is -2.42. The molecule has 2 N–H and O–H groups in total. The van der Waals surface area contributed by atoms with Gasteiger partial charge in [0, 0.05) is 25.6 Å². The van der Waals surface area contributed by atoms with E-state index < -0.39 is 52.8 Å². The van der Waals surface area contributed by atoms with Crippen LogP contribution in [0.15, 0.2) is 0 Å². The summed E-state index contributed by atoms with van der Waals surface area (Å²) in [5.41, 5.74) is -5.42. The first-order valence-corrected chi connectivity index (χ1v) is 11.1. The molecule has 0 aliphatic carbocycles. The number of hydrogen-bond acceptors (Lipinski definition) is 7. The molecule has 8 atom stereocenters. The van der Waals surface area contributed by atoms with Gasteiger partial charge in [0.15, 0.2) is 5.78 Å². The summed E-state index contributed by atoms with van der Waals surface area (Å²) < 4.78 is 26.4. The first-order valence-electron chi connectivity index (χ1n) is 11.1. The molecular formula is C23H42FNO6. The van der Waals surface area contributed by atoms with Gasteiger partial charge in [-0.05, 0) is 59.9 Å². The van der Waals surface area contributed by atoms with Crippen LogP contribution in [0.1, 0.15) is 67.7 Å². The number of cyclic esters (lactones) is 1. The summed E-state index contributed by atoms with van der Waals surface area (Å²) in [4.78, 5) is 27.5. The summed E-state index contributed by atoms with van der Waals surface area (Å²) >= 11 is 0. The zero-order valence-electron chi connectivity index (χ0n) is 20.6. The zero-order valence-corrected chi connectivity index (χ0v) is 20.6. The second kappa shape index (κ2) is 10.2. The van der Waals surface area contributed by atoms with Gasteiger partial charge in [-0.25, -0.2) is 9.18 Å². The van der Waals surface area contributed by atoms with Crippen LogP contribution in [-0.4, -0.2) is 82.7 Å². The smallest absolute Gasteiger partial charge is 0.351 e. The van der Waals surface area contributed by atoms with Gasteiger partial charge in [-0.3, -0.25) is 4.79 Å². The van der Waals surface area contributed by atoms with Crippen LogP contribution in [0.4, 0.5) is 4.39 Å². The van der Waals surface area contributed by atoms with Crippen LogP contribution in [0.5, 0.6) is 0 Å². The molecule has 0 radical (unpaired) electrons. The lowest BCUT2D eigenvalue weighted by Crippen LogP contribution is -2.59. The maximum absolute atomic E-state index is 15.4. The second-order valence-corrected chi connectivity index (χ2v) is 10.1. The van der Waals surface area contributed by atoms with Crippen molar-refractivity contribution >= 4 is 11.8 Å². The minimum atomic E-state index is -2.88. The molecule has 1 rings (SSSR count). The van der Waals surface area contributed by atoms with Crippen LogP contribution in [0.25, 0.3) is 0 Å². The molecule has 0 aromatic rings. The molecule has 1 saturated heterocycles. The van der Waals surface area contributed by atoms with Crippen LogP contribution in [-0.2, 0) is 19.1 Å². The van der Waals surface area contributed by atoms with Gasteiger partial charge in [-0.2, -0.15) is 0 Å². The predicted molar refractivity (Wildman–Crippen MR) is 116 cm³/mol. The molecule has 1 fully saturated rings. The van der Waals surface area contributed by atoms with E-state index in [1.54, 1.807) is 27.9 Å². The number of alkyl halides is 1.